The molecule has 0 saturated heterocycles. The molecule has 0 aliphatic carbocycles. The molecule has 24 heavy (non-hydrogen) atoms. The fourth-order valence-corrected chi connectivity index (χ4v) is 3.04. The van der Waals surface area contributed by atoms with Crippen molar-refractivity contribution < 1.29 is 9.47 Å². The molecule has 0 spiro atoms. The van der Waals surface area contributed by atoms with Gasteiger partial charge in [0, 0.05) is 11.2 Å². The Morgan fingerprint density at radius 1 is 1.17 bits per heavy atom. The average molecular weight is 458 g/mol. The van der Waals surface area contributed by atoms with Gasteiger partial charge < -0.3 is 9.47 Å². The molecule has 0 fully saturated rings. The fraction of sp³-hybridized carbons (Fsp3) is 0.316. The predicted octanol–water partition coefficient (Wildman–Crippen LogP) is 6.19. The van der Waals surface area contributed by atoms with Gasteiger partial charge in [-0.25, -0.2) is 0 Å². The second-order valence-electron chi connectivity index (χ2n) is 5.30. The van der Waals surface area contributed by atoms with E-state index >= 15 is 0 Å². The van der Waals surface area contributed by atoms with Crippen LogP contribution in [0.1, 0.15) is 31.4 Å². The highest BCUT2D eigenvalue weighted by Crippen LogP contribution is 2.34. The minimum atomic E-state index is 0.590. The van der Waals surface area contributed by atoms with E-state index in [-0.39, 0.29) is 0 Å². The van der Waals surface area contributed by atoms with Crippen LogP contribution in [0.5, 0.6) is 11.5 Å². The summed E-state index contributed by atoms with van der Waals surface area (Å²) < 4.78 is 12.6. The zero-order valence-corrected chi connectivity index (χ0v) is 17.0. The van der Waals surface area contributed by atoms with Crippen LogP contribution in [-0.2, 0) is 0 Å². The first-order valence-electron chi connectivity index (χ1n) is 7.94. The van der Waals surface area contributed by atoms with Gasteiger partial charge in [0.15, 0.2) is 11.5 Å². The van der Waals surface area contributed by atoms with Crippen molar-refractivity contribution in [3.8, 4) is 11.5 Å². The molecule has 3 nitrogen and oxygen atoms in total. The number of aryl methyl sites for hydroxylation is 1. The Kier molecular flexibility index (Phi) is 7.37. The summed E-state index contributed by atoms with van der Waals surface area (Å²) in [6, 6.07) is 9.76. The lowest BCUT2D eigenvalue weighted by molar-refractivity contribution is 0.275. The number of hydrogen-bond acceptors (Lipinski definition) is 3. The summed E-state index contributed by atoms with van der Waals surface area (Å²) in [6.07, 6.45) is 2.77. The molecule has 128 valence electrons. The SMILES string of the molecule is CCCOc1c(I)cc(C=Nc2ccc(C)c(Cl)c2)cc1OCC. The minimum Gasteiger partial charge on any atom is -0.490 e. The molecular formula is C19H21ClINO2. The van der Waals surface area contributed by atoms with Gasteiger partial charge in [0.05, 0.1) is 22.5 Å². The van der Waals surface area contributed by atoms with E-state index in [1.807, 2.05) is 50.4 Å². The van der Waals surface area contributed by atoms with Crippen LogP contribution in [0.2, 0.25) is 5.02 Å². The molecular weight excluding hydrogens is 437 g/mol. The smallest absolute Gasteiger partial charge is 0.174 e. The highest BCUT2D eigenvalue weighted by atomic mass is 127. The van der Waals surface area contributed by atoms with Gasteiger partial charge in [-0.05, 0) is 78.3 Å². The predicted molar refractivity (Wildman–Crippen MR) is 110 cm³/mol. The van der Waals surface area contributed by atoms with Crippen LogP contribution in [-0.4, -0.2) is 19.4 Å². The second-order valence-corrected chi connectivity index (χ2v) is 6.87. The molecule has 2 aromatic carbocycles. The largest absolute Gasteiger partial charge is 0.490 e. The third-order valence-corrected chi connectivity index (χ3v) is 4.51. The Morgan fingerprint density at radius 2 is 1.96 bits per heavy atom. The highest BCUT2D eigenvalue weighted by Gasteiger charge is 2.11. The summed E-state index contributed by atoms with van der Waals surface area (Å²) in [4.78, 5) is 4.50. The highest BCUT2D eigenvalue weighted by molar-refractivity contribution is 14.1. The van der Waals surface area contributed by atoms with Crippen LogP contribution < -0.4 is 9.47 Å². The Balaban J connectivity index is 2.29. The molecule has 0 aliphatic heterocycles. The van der Waals surface area contributed by atoms with Crippen molar-refractivity contribution in [2.75, 3.05) is 13.2 Å². The number of rotatable bonds is 7. The van der Waals surface area contributed by atoms with Crippen molar-refractivity contribution in [1.29, 1.82) is 0 Å². The molecule has 2 aromatic rings. The van der Waals surface area contributed by atoms with Crippen molar-refractivity contribution >= 4 is 46.1 Å². The quantitative estimate of drug-likeness (QED) is 0.366. The third-order valence-electron chi connectivity index (χ3n) is 3.30. The normalized spacial score (nSPS) is 11.0. The molecule has 0 radical (unpaired) electrons. The van der Waals surface area contributed by atoms with E-state index < -0.39 is 0 Å². The lowest BCUT2D eigenvalue weighted by Gasteiger charge is -2.14. The molecule has 0 atom stereocenters. The summed E-state index contributed by atoms with van der Waals surface area (Å²) in [5.41, 5.74) is 2.83. The number of ether oxygens (including phenoxy) is 2. The van der Waals surface area contributed by atoms with E-state index in [0.717, 1.165) is 43.3 Å². The second kappa shape index (κ2) is 9.28. The zero-order chi connectivity index (χ0) is 17.5. The van der Waals surface area contributed by atoms with Gasteiger partial charge in [0.25, 0.3) is 0 Å². The lowest BCUT2D eigenvalue weighted by Crippen LogP contribution is -2.02. The van der Waals surface area contributed by atoms with Crippen molar-refractivity contribution in [1.82, 2.24) is 0 Å². The Hall–Kier alpha value is -1.27. The summed E-state index contributed by atoms with van der Waals surface area (Å²) >= 11 is 8.41. The Bertz CT molecular complexity index is 732. The Morgan fingerprint density at radius 3 is 2.62 bits per heavy atom. The molecule has 0 bridgehead atoms. The van der Waals surface area contributed by atoms with Gasteiger partial charge in [-0.1, -0.05) is 24.6 Å². The van der Waals surface area contributed by atoms with E-state index in [1.54, 1.807) is 0 Å². The standard InChI is InChI=1S/C19H21ClINO2/c1-4-8-24-19-17(21)9-14(10-18(19)23-5-2)12-22-15-7-6-13(3)16(20)11-15/h6-7,9-12H,4-5,8H2,1-3H3. The molecule has 5 heteroatoms. The maximum absolute atomic E-state index is 6.14. The lowest BCUT2D eigenvalue weighted by atomic mass is 10.2. The third kappa shape index (κ3) is 5.11. The molecule has 0 aromatic heterocycles. The van der Waals surface area contributed by atoms with E-state index in [4.69, 9.17) is 21.1 Å². The van der Waals surface area contributed by atoms with E-state index in [9.17, 15) is 0 Å². The van der Waals surface area contributed by atoms with Gasteiger partial charge in [-0.15, -0.1) is 0 Å². The van der Waals surface area contributed by atoms with Crippen LogP contribution in [0.4, 0.5) is 5.69 Å². The van der Waals surface area contributed by atoms with Gasteiger partial charge >= 0.3 is 0 Å². The molecule has 0 saturated carbocycles. The first-order chi connectivity index (χ1) is 11.5. The number of aliphatic imine (C=N–C) groups is 1. The first kappa shape index (κ1) is 19.1. The van der Waals surface area contributed by atoms with Gasteiger partial charge in [-0.2, -0.15) is 0 Å². The number of benzene rings is 2. The molecule has 0 unspecified atom stereocenters. The van der Waals surface area contributed by atoms with E-state index in [0.29, 0.717) is 13.2 Å². The summed E-state index contributed by atoms with van der Waals surface area (Å²) in [7, 11) is 0. The summed E-state index contributed by atoms with van der Waals surface area (Å²) in [5, 5.41) is 0.720. The monoisotopic (exact) mass is 457 g/mol. The summed E-state index contributed by atoms with van der Waals surface area (Å²) in [6.45, 7) is 7.28. The van der Waals surface area contributed by atoms with Crippen molar-refractivity contribution in [3.63, 3.8) is 0 Å². The van der Waals surface area contributed by atoms with E-state index in [1.165, 1.54) is 0 Å². The van der Waals surface area contributed by atoms with Crippen LogP contribution in [0, 0.1) is 10.5 Å². The van der Waals surface area contributed by atoms with Crippen LogP contribution in [0.25, 0.3) is 0 Å². The first-order valence-corrected chi connectivity index (χ1v) is 9.40. The van der Waals surface area contributed by atoms with Gasteiger partial charge in [0.2, 0.25) is 0 Å². The average Bonchev–Trinajstić information content (AvgIpc) is 2.55. The Labute approximate surface area is 162 Å². The van der Waals surface area contributed by atoms with Crippen molar-refractivity contribution in [2.24, 2.45) is 4.99 Å². The minimum absolute atomic E-state index is 0.590. The van der Waals surface area contributed by atoms with E-state index in [2.05, 4.69) is 34.5 Å². The molecule has 0 amide bonds. The topological polar surface area (TPSA) is 30.8 Å². The molecule has 0 heterocycles. The molecule has 0 N–H and O–H groups in total. The maximum Gasteiger partial charge on any atom is 0.174 e. The fourth-order valence-electron chi connectivity index (χ4n) is 2.08. The summed E-state index contributed by atoms with van der Waals surface area (Å²) in [5.74, 6) is 1.55. The molecule has 2 rings (SSSR count). The van der Waals surface area contributed by atoms with Crippen molar-refractivity contribution in [3.05, 3.63) is 50.1 Å². The maximum atomic E-state index is 6.14. The zero-order valence-electron chi connectivity index (χ0n) is 14.1. The van der Waals surface area contributed by atoms with Gasteiger partial charge in [0.1, 0.15) is 0 Å². The van der Waals surface area contributed by atoms with Crippen molar-refractivity contribution in [2.45, 2.75) is 27.2 Å². The number of hydrogen-bond donors (Lipinski definition) is 0. The van der Waals surface area contributed by atoms with Crippen LogP contribution >= 0.6 is 34.2 Å². The van der Waals surface area contributed by atoms with Crippen LogP contribution in [0.15, 0.2) is 35.3 Å². The number of nitrogens with zero attached hydrogens (tertiary/aromatic N) is 1. The van der Waals surface area contributed by atoms with Gasteiger partial charge in [-0.3, -0.25) is 4.99 Å². The number of halogens is 2. The molecule has 0 aliphatic rings. The van der Waals surface area contributed by atoms with Crippen LogP contribution in [0.3, 0.4) is 0 Å².